The van der Waals surface area contributed by atoms with Crippen molar-refractivity contribution in [2.24, 2.45) is 5.73 Å². The summed E-state index contributed by atoms with van der Waals surface area (Å²) in [4.78, 5) is 11.2. The van der Waals surface area contributed by atoms with Gasteiger partial charge in [-0.05, 0) is 19.3 Å². The molecule has 0 aromatic heterocycles. The number of carbonyl (C=O) groups is 1. The lowest BCUT2D eigenvalue weighted by Gasteiger charge is -2.32. The second kappa shape index (κ2) is 5.29. The van der Waals surface area contributed by atoms with Crippen LogP contribution in [0.25, 0.3) is 0 Å². The number of rotatable bonds is 3. The number of nitrogens with two attached hydrogens (primary N) is 1. The molecule has 0 heterocycles. The molecule has 1 aliphatic carbocycles. The standard InChI is InChI=1S/C9H18N2O3/c10-5-4-8(13)11-6-2-1-3-7(12)9(6)14/h6-7,9,12,14H,1-5,10H2,(H,11,13)/t6?,7-,9+/m1/s1. The van der Waals surface area contributed by atoms with Gasteiger partial charge in [0.25, 0.3) is 0 Å². The van der Waals surface area contributed by atoms with Crippen molar-refractivity contribution in [3.05, 3.63) is 0 Å². The minimum Gasteiger partial charge on any atom is -0.390 e. The van der Waals surface area contributed by atoms with Crippen LogP contribution in [0, 0.1) is 0 Å². The van der Waals surface area contributed by atoms with Crippen LogP contribution in [-0.2, 0) is 4.79 Å². The third kappa shape index (κ3) is 2.94. The van der Waals surface area contributed by atoms with Gasteiger partial charge in [0.2, 0.25) is 5.91 Å². The predicted molar refractivity (Wildman–Crippen MR) is 51.5 cm³/mol. The fourth-order valence-corrected chi connectivity index (χ4v) is 1.72. The Morgan fingerprint density at radius 1 is 1.43 bits per heavy atom. The van der Waals surface area contributed by atoms with Gasteiger partial charge in [0, 0.05) is 13.0 Å². The zero-order chi connectivity index (χ0) is 10.6. The molecule has 0 aromatic carbocycles. The van der Waals surface area contributed by atoms with E-state index in [-0.39, 0.29) is 18.4 Å². The van der Waals surface area contributed by atoms with Crippen LogP contribution in [0.2, 0.25) is 0 Å². The minimum atomic E-state index is -0.842. The van der Waals surface area contributed by atoms with Crippen molar-refractivity contribution in [2.75, 3.05) is 6.54 Å². The van der Waals surface area contributed by atoms with Crippen molar-refractivity contribution in [2.45, 2.75) is 43.9 Å². The fourth-order valence-electron chi connectivity index (χ4n) is 1.72. The minimum absolute atomic E-state index is 0.161. The lowest BCUT2D eigenvalue weighted by molar-refractivity contribution is -0.124. The van der Waals surface area contributed by atoms with E-state index in [9.17, 15) is 15.0 Å². The Morgan fingerprint density at radius 3 is 2.79 bits per heavy atom. The maximum absolute atomic E-state index is 11.2. The molecule has 1 aliphatic rings. The highest BCUT2D eigenvalue weighted by Gasteiger charge is 2.31. The number of amides is 1. The first-order valence-corrected chi connectivity index (χ1v) is 5.00. The molecule has 0 radical (unpaired) electrons. The summed E-state index contributed by atoms with van der Waals surface area (Å²) in [6.45, 7) is 0.303. The van der Waals surface area contributed by atoms with Gasteiger partial charge in [-0.1, -0.05) is 0 Å². The molecular weight excluding hydrogens is 184 g/mol. The van der Waals surface area contributed by atoms with Crippen molar-refractivity contribution in [1.29, 1.82) is 0 Å². The van der Waals surface area contributed by atoms with Gasteiger partial charge in [-0.2, -0.15) is 0 Å². The first-order valence-electron chi connectivity index (χ1n) is 5.00. The Balaban J connectivity index is 2.39. The van der Waals surface area contributed by atoms with E-state index < -0.39 is 12.2 Å². The molecule has 0 saturated heterocycles. The summed E-state index contributed by atoms with van der Waals surface area (Å²) >= 11 is 0. The Labute approximate surface area is 83.3 Å². The van der Waals surface area contributed by atoms with Crippen molar-refractivity contribution in [1.82, 2.24) is 5.32 Å². The van der Waals surface area contributed by atoms with Crippen molar-refractivity contribution < 1.29 is 15.0 Å². The fraction of sp³-hybridized carbons (Fsp3) is 0.889. The maximum Gasteiger partial charge on any atom is 0.221 e. The third-order valence-electron chi connectivity index (χ3n) is 2.54. The number of aliphatic hydroxyl groups is 2. The van der Waals surface area contributed by atoms with Gasteiger partial charge in [-0.25, -0.2) is 0 Å². The van der Waals surface area contributed by atoms with Crippen LogP contribution < -0.4 is 11.1 Å². The molecule has 0 aromatic rings. The second-order valence-electron chi connectivity index (χ2n) is 3.70. The molecule has 14 heavy (non-hydrogen) atoms. The molecular formula is C9H18N2O3. The van der Waals surface area contributed by atoms with E-state index >= 15 is 0 Å². The van der Waals surface area contributed by atoms with Crippen molar-refractivity contribution in [3.63, 3.8) is 0 Å². The topological polar surface area (TPSA) is 95.6 Å². The van der Waals surface area contributed by atoms with Gasteiger partial charge in [0.05, 0.1) is 18.2 Å². The molecule has 5 heteroatoms. The summed E-state index contributed by atoms with van der Waals surface area (Å²) in [6, 6.07) is -0.321. The molecule has 0 aliphatic heterocycles. The summed E-state index contributed by atoms with van der Waals surface area (Å²) in [5, 5.41) is 21.6. The smallest absolute Gasteiger partial charge is 0.221 e. The van der Waals surface area contributed by atoms with Gasteiger partial charge in [0.1, 0.15) is 0 Å². The second-order valence-corrected chi connectivity index (χ2v) is 3.70. The largest absolute Gasteiger partial charge is 0.390 e. The number of hydrogen-bond donors (Lipinski definition) is 4. The van der Waals surface area contributed by atoms with E-state index in [1.807, 2.05) is 0 Å². The molecule has 5 N–H and O–H groups in total. The highest BCUT2D eigenvalue weighted by Crippen LogP contribution is 2.19. The zero-order valence-corrected chi connectivity index (χ0v) is 8.15. The van der Waals surface area contributed by atoms with E-state index in [1.54, 1.807) is 0 Å². The van der Waals surface area contributed by atoms with Crippen LogP contribution >= 0.6 is 0 Å². The predicted octanol–water partition coefficient (Wildman–Crippen LogP) is -1.27. The summed E-state index contributed by atoms with van der Waals surface area (Å²) in [7, 11) is 0. The number of hydrogen-bond acceptors (Lipinski definition) is 4. The quantitative estimate of drug-likeness (QED) is 0.458. The van der Waals surface area contributed by atoms with Gasteiger partial charge >= 0.3 is 0 Å². The Hall–Kier alpha value is -0.650. The van der Waals surface area contributed by atoms with E-state index in [2.05, 4.69) is 5.32 Å². The first kappa shape index (κ1) is 11.4. The summed E-state index contributed by atoms with van der Waals surface area (Å²) in [5.74, 6) is -0.161. The summed E-state index contributed by atoms with van der Waals surface area (Å²) < 4.78 is 0. The summed E-state index contributed by atoms with van der Waals surface area (Å²) in [6.07, 6.45) is 0.849. The maximum atomic E-state index is 11.2. The van der Waals surface area contributed by atoms with E-state index in [0.29, 0.717) is 19.4 Å². The third-order valence-corrected chi connectivity index (χ3v) is 2.54. The van der Waals surface area contributed by atoms with Crippen LogP contribution in [0.5, 0.6) is 0 Å². The van der Waals surface area contributed by atoms with Gasteiger partial charge in [0.15, 0.2) is 0 Å². The molecule has 5 nitrogen and oxygen atoms in total. The van der Waals surface area contributed by atoms with Gasteiger partial charge < -0.3 is 21.3 Å². The molecule has 82 valence electrons. The Morgan fingerprint density at radius 2 is 2.14 bits per heavy atom. The highest BCUT2D eigenvalue weighted by atomic mass is 16.3. The van der Waals surface area contributed by atoms with Crippen LogP contribution in [0.4, 0.5) is 0 Å². The molecule has 1 amide bonds. The van der Waals surface area contributed by atoms with Crippen molar-refractivity contribution >= 4 is 5.91 Å². The molecule has 1 saturated carbocycles. The van der Waals surface area contributed by atoms with Crippen LogP contribution in [0.3, 0.4) is 0 Å². The SMILES string of the molecule is NCCC(=O)NC1CCC[C@@H](O)[C@H]1O. The monoisotopic (exact) mass is 202 g/mol. The normalized spacial score (nSPS) is 32.6. The molecule has 0 bridgehead atoms. The lowest BCUT2D eigenvalue weighted by atomic mass is 9.90. The summed E-state index contributed by atoms with van der Waals surface area (Å²) in [5.41, 5.74) is 5.22. The zero-order valence-electron chi connectivity index (χ0n) is 8.15. The average molecular weight is 202 g/mol. The van der Waals surface area contributed by atoms with E-state index in [4.69, 9.17) is 5.73 Å². The average Bonchev–Trinajstić information content (AvgIpc) is 2.13. The molecule has 1 unspecified atom stereocenters. The molecule has 1 fully saturated rings. The van der Waals surface area contributed by atoms with E-state index in [0.717, 1.165) is 6.42 Å². The Bertz CT molecular complexity index is 198. The molecule has 0 spiro atoms. The van der Waals surface area contributed by atoms with Crippen LogP contribution in [-0.4, -0.2) is 40.9 Å². The number of nitrogens with one attached hydrogen (secondary N) is 1. The number of carbonyl (C=O) groups excluding carboxylic acids is 1. The van der Waals surface area contributed by atoms with Gasteiger partial charge in [-0.15, -0.1) is 0 Å². The van der Waals surface area contributed by atoms with Crippen LogP contribution in [0.1, 0.15) is 25.7 Å². The number of aliphatic hydroxyl groups excluding tert-OH is 2. The van der Waals surface area contributed by atoms with Crippen molar-refractivity contribution in [3.8, 4) is 0 Å². The van der Waals surface area contributed by atoms with Crippen LogP contribution in [0.15, 0.2) is 0 Å². The highest BCUT2D eigenvalue weighted by molar-refractivity contribution is 5.76. The first-order chi connectivity index (χ1) is 6.65. The Kier molecular flexibility index (Phi) is 4.31. The van der Waals surface area contributed by atoms with E-state index in [1.165, 1.54) is 0 Å². The lowest BCUT2D eigenvalue weighted by Crippen LogP contribution is -2.51. The molecule has 1 rings (SSSR count). The molecule has 3 atom stereocenters. The van der Waals surface area contributed by atoms with Gasteiger partial charge in [-0.3, -0.25) is 4.79 Å².